The number of fused-ring (bicyclic) bond motifs is 6. The Kier molecular flexibility index (Phi) is 8.12. The van der Waals surface area contributed by atoms with Gasteiger partial charge in [-0.3, -0.25) is 4.79 Å². The van der Waals surface area contributed by atoms with E-state index in [1.807, 2.05) is 51.1 Å². The maximum atomic E-state index is 13.2. The predicted molar refractivity (Wildman–Crippen MR) is 158 cm³/mol. The molecule has 5 rings (SSSR count). The van der Waals surface area contributed by atoms with E-state index in [0.717, 1.165) is 53.9 Å². The van der Waals surface area contributed by atoms with Crippen molar-refractivity contribution in [2.75, 3.05) is 29.0 Å². The van der Waals surface area contributed by atoms with Gasteiger partial charge in [-0.05, 0) is 93.8 Å². The number of benzene rings is 2. The first-order chi connectivity index (χ1) is 19.1. The van der Waals surface area contributed by atoms with Gasteiger partial charge in [-0.1, -0.05) is 23.7 Å². The molecule has 1 unspecified atom stereocenters. The summed E-state index contributed by atoms with van der Waals surface area (Å²) in [4.78, 5) is 36.3. The predicted octanol–water partition coefficient (Wildman–Crippen LogP) is 6.69. The summed E-state index contributed by atoms with van der Waals surface area (Å²) in [5, 5.41) is 10.1. The first-order valence-corrected chi connectivity index (χ1v) is 14.1. The van der Waals surface area contributed by atoms with Gasteiger partial charge in [0, 0.05) is 36.6 Å². The van der Waals surface area contributed by atoms with Gasteiger partial charge in [-0.2, -0.15) is 4.98 Å². The third-order valence-corrected chi connectivity index (χ3v) is 7.17. The Bertz CT molecular complexity index is 1410. The van der Waals surface area contributed by atoms with Crippen LogP contribution in [0.4, 0.5) is 33.6 Å². The second kappa shape index (κ2) is 11.7. The Morgan fingerprint density at radius 3 is 2.77 bits per heavy atom. The molecule has 2 aliphatic heterocycles. The van der Waals surface area contributed by atoms with E-state index in [0.29, 0.717) is 36.3 Å². The van der Waals surface area contributed by atoms with Gasteiger partial charge in [0.05, 0.1) is 6.20 Å². The van der Waals surface area contributed by atoms with E-state index in [1.165, 1.54) is 0 Å². The molecular formula is C30H35ClN6O3. The Balaban J connectivity index is 1.32. The Labute approximate surface area is 239 Å². The standard InChI is InChI=1S/C30H35ClN6O3/c1-30(2,3)40-29(39)37-13-5-7-20(18-37)15-26(38)35-25-12-11-23-16-21(25)10-9-19-6-4-8-22(14-19)34-28-32-17-24(31)27(33-23)36-28/h4,6,8,11-12,14,16-17,20H,5,7,9-10,13,15,18H2,1-3H3,(H,35,38)(H2,32,33,34,36). The molecule has 3 heterocycles. The molecule has 3 aromatic rings. The molecule has 0 radical (unpaired) electrons. The van der Waals surface area contributed by atoms with Crippen LogP contribution in [0.3, 0.4) is 0 Å². The van der Waals surface area contributed by atoms with Gasteiger partial charge in [0.2, 0.25) is 11.9 Å². The van der Waals surface area contributed by atoms with Crippen molar-refractivity contribution in [1.29, 1.82) is 0 Å². The van der Waals surface area contributed by atoms with Crippen LogP contribution in [0.5, 0.6) is 0 Å². The summed E-state index contributed by atoms with van der Waals surface area (Å²) in [5.74, 6) is 0.951. The summed E-state index contributed by atoms with van der Waals surface area (Å²) in [5.41, 5.74) is 4.08. The van der Waals surface area contributed by atoms with Gasteiger partial charge in [0.1, 0.15) is 10.6 Å². The lowest BCUT2D eigenvalue weighted by atomic mass is 9.94. The van der Waals surface area contributed by atoms with Crippen LogP contribution in [-0.2, 0) is 22.4 Å². The Morgan fingerprint density at radius 1 is 1.12 bits per heavy atom. The summed E-state index contributed by atoms with van der Waals surface area (Å²) in [6.45, 7) is 6.75. The van der Waals surface area contributed by atoms with E-state index in [4.69, 9.17) is 16.3 Å². The minimum Gasteiger partial charge on any atom is -0.444 e. The molecule has 0 spiro atoms. The molecule has 10 heteroatoms. The monoisotopic (exact) mass is 562 g/mol. The van der Waals surface area contributed by atoms with Crippen LogP contribution in [0, 0.1) is 5.92 Å². The number of halogens is 1. The maximum absolute atomic E-state index is 13.2. The number of carbonyl (C=O) groups is 2. The van der Waals surface area contributed by atoms with E-state index in [1.54, 1.807) is 11.1 Å². The van der Waals surface area contributed by atoms with Gasteiger partial charge in [-0.25, -0.2) is 9.78 Å². The summed E-state index contributed by atoms with van der Waals surface area (Å²) in [6.07, 6.45) is 4.84. The fraction of sp³-hybridized carbons (Fsp3) is 0.400. The highest BCUT2D eigenvalue weighted by Gasteiger charge is 2.29. The average molecular weight is 563 g/mol. The van der Waals surface area contributed by atoms with Crippen molar-refractivity contribution in [3.63, 3.8) is 0 Å². The summed E-state index contributed by atoms with van der Waals surface area (Å²) in [7, 11) is 0. The second-order valence-electron chi connectivity index (χ2n) is 11.4. The fourth-order valence-electron chi connectivity index (χ4n) is 5.05. The number of hydrogen-bond acceptors (Lipinski definition) is 7. The van der Waals surface area contributed by atoms with Crippen LogP contribution >= 0.6 is 11.6 Å². The quantitative estimate of drug-likeness (QED) is 0.326. The van der Waals surface area contributed by atoms with Crippen molar-refractivity contribution in [3.05, 3.63) is 64.8 Å². The zero-order valence-electron chi connectivity index (χ0n) is 23.1. The molecule has 1 saturated heterocycles. The van der Waals surface area contributed by atoms with E-state index < -0.39 is 5.60 Å². The van der Waals surface area contributed by atoms with Gasteiger partial charge in [0.15, 0.2) is 5.82 Å². The molecule has 1 aromatic heterocycles. The number of aryl methyl sites for hydroxylation is 2. The number of likely N-dealkylation sites (tertiary alicyclic amines) is 1. The fourth-order valence-corrected chi connectivity index (χ4v) is 5.19. The number of piperidine rings is 1. The van der Waals surface area contributed by atoms with Crippen LogP contribution in [0.15, 0.2) is 48.7 Å². The highest BCUT2D eigenvalue weighted by atomic mass is 35.5. The van der Waals surface area contributed by atoms with Gasteiger partial charge in [-0.15, -0.1) is 0 Å². The van der Waals surface area contributed by atoms with Crippen molar-refractivity contribution in [3.8, 4) is 0 Å². The number of amides is 2. The number of carbonyl (C=O) groups excluding carboxylic acids is 2. The maximum Gasteiger partial charge on any atom is 0.410 e. The van der Waals surface area contributed by atoms with Gasteiger partial charge >= 0.3 is 6.09 Å². The number of nitrogens with zero attached hydrogens (tertiary/aromatic N) is 3. The lowest BCUT2D eigenvalue weighted by molar-refractivity contribution is -0.117. The molecule has 40 heavy (non-hydrogen) atoms. The van der Waals surface area contributed by atoms with Gasteiger partial charge < -0.3 is 25.6 Å². The van der Waals surface area contributed by atoms with Crippen LogP contribution in [0.1, 0.15) is 51.2 Å². The number of ether oxygens (including phenoxy) is 1. The van der Waals surface area contributed by atoms with E-state index >= 15 is 0 Å². The number of aromatic nitrogens is 2. The van der Waals surface area contributed by atoms with Gasteiger partial charge in [0.25, 0.3) is 0 Å². The van der Waals surface area contributed by atoms with Crippen molar-refractivity contribution in [2.45, 2.75) is 58.5 Å². The topological polar surface area (TPSA) is 108 Å². The molecular weight excluding hydrogens is 528 g/mol. The van der Waals surface area contributed by atoms with Crippen LogP contribution in [0.25, 0.3) is 0 Å². The zero-order valence-corrected chi connectivity index (χ0v) is 23.8. The molecule has 9 nitrogen and oxygen atoms in total. The number of rotatable bonds is 3. The molecule has 2 amide bonds. The molecule has 2 aromatic carbocycles. The SMILES string of the molecule is CC(C)(C)OC(=O)N1CCCC(CC(=O)Nc2ccc3cc2CCc2cccc(c2)Nc2ncc(Cl)c(n2)N3)C1. The lowest BCUT2D eigenvalue weighted by Gasteiger charge is -2.34. The smallest absolute Gasteiger partial charge is 0.410 e. The minimum atomic E-state index is -0.546. The third kappa shape index (κ3) is 7.21. The molecule has 2 aliphatic rings. The van der Waals surface area contributed by atoms with E-state index in [2.05, 4.69) is 38.1 Å². The van der Waals surface area contributed by atoms with Crippen molar-refractivity contribution < 1.29 is 14.3 Å². The molecule has 1 atom stereocenters. The molecule has 6 bridgehead atoms. The third-order valence-electron chi connectivity index (χ3n) is 6.90. The molecule has 3 N–H and O–H groups in total. The number of anilines is 5. The van der Waals surface area contributed by atoms with Crippen molar-refractivity contribution in [1.82, 2.24) is 14.9 Å². The van der Waals surface area contributed by atoms with E-state index in [9.17, 15) is 9.59 Å². The first kappa shape index (κ1) is 27.7. The van der Waals surface area contributed by atoms with Crippen LogP contribution in [0.2, 0.25) is 5.02 Å². The second-order valence-corrected chi connectivity index (χ2v) is 11.8. The Hall–Kier alpha value is -3.85. The van der Waals surface area contributed by atoms with Crippen LogP contribution in [-0.4, -0.2) is 45.6 Å². The minimum absolute atomic E-state index is 0.0643. The van der Waals surface area contributed by atoms with Crippen molar-refractivity contribution in [2.24, 2.45) is 5.92 Å². The van der Waals surface area contributed by atoms with E-state index in [-0.39, 0.29) is 17.9 Å². The van der Waals surface area contributed by atoms with Crippen molar-refractivity contribution >= 4 is 52.4 Å². The summed E-state index contributed by atoms with van der Waals surface area (Å²) in [6, 6.07) is 13.9. The summed E-state index contributed by atoms with van der Waals surface area (Å²) >= 11 is 6.38. The first-order valence-electron chi connectivity index (χ1n) is 13.7. The molecule has 0 aliphatic carbocycles. The molecule has 0 saturated carbocycles. The normalized spacial score (nSPS) is 16.8. The largest absolute Gasteiger partial charge is 0.444 e. The zero-order chi connectivity index (χ0) is 28.3. The molecule has 1 fully saturated rings. The molecule has 210 valence electrons. The number of hydrogen-bond donors (Lipinski definition) is 3. The highest BCUT2D eigenvalue weighted by molar-refractivity contribution is 6.32. The highest BCUT2D eigenvalue weighted by Crippen LogP contribution is 2.30. The number of nitrogens with one attached hydrogen (secondary N) is 3. The van der Waals surface area contributed by atoms with Crippen LogP contribution < -0.4 is 16.0 Å². The lowest BCUT2D eigenvalue weighted by Crippen LogP contribution is -2.43. The Morgan fingerprint density at radius 2 is 1.95 bits per heavy atom. The average Bonchev–Trinajstić information content (AvgIpc) is 2.90. The summed E-state index contributed by atoms with van der Waals surface area (Å²) < 4.78 is 5.54.